The van der Waals surface area contributed by atoms with Crippen LogP contribution in [0.3, 0.4) is 0 Å². The zero-order valence-electron chi connectivity index (χ0n) is 8.33. The van der Waals surface area contributed by atoms with E-state index in [2.05, 4.69) is 0 Å². The Labute approximate surface area is 87.0 Å². The molecule has 0 aliphatic heterocycles. The fourth-order valence-corrected chi connectivity index (χ4v) is 1.53. The number of hydrogen-bond acceptors (Lipinski definition) is 2. The largest absolute Gasteiger partial charge is 0.461 e. The predicted molar refractivity (Wildman–Crippen MR) is 54.8 cm³/mol. The maximum Gasteiger partial charge on any atom is 0.134 e. The predicted octanol–water partition coefficient (Wildman–Crippen LogP) is 2.89. The Hall–Kier alpha value is -1.61. The number of aliphatic hydroxyl groups is 1. The van der Waals surface area contributed by atoms with E-state index in [1.54, 1.807) is 24.3 Å². The number of benzene rings is 1. The van der Waals surface area contributed by atoms with Crippen molar-refractivity contribution in [2.45, 2.75) is 13.5 Å². The molecule has 3 heteroatoms. The first-order chi connectivity index (χ1) is 7.22. The Balaban J connectivity index is 2.57. The first-order valence-electron chi connectivity index (χ1n) is 4.67. The summed E-state index contributed by atoms with van der Waals surface area (Å²) in [5, 5.41) is 9.09. The van der Waals surface area contributed by atoms with E-state index < -0.39 is 5.82 Å². The molecule has 15 heavy (non-hydrogen) atoms. The molecule has 0 aliphatic carbocycles. The van der Waals surface area contributed by atoms with Crippen LogP contribution >= 0.6 is 0 Å². The molecule has 0 amide bonds. The number of furan rings is 1. The summed E-state index contributed by atoms with van der Waals surface area (Å²) >= 11 is 0. The lowest BCUT2D eigenvalue weighted by Gasteiger charge is -2.05. The number of aryl methyl sites for hydroxylation is 1. The number of aliphatic hydroxyl groups excluding tert-OH is 1. The van der Waals surface area contributed by atoms with E-state index in [9.17, 15) is 4.39 Å². The van der Waals surface area contributed by atoms with Gasteiger partial charge in [-0.25, -0.2) is 4.39 Å². The van der Waals surface area contributed by atoms with Gasteiger partial charge in [0, 0.05) is 11.1 Å². The minimum Gasteiger partial charge on any atom is -0.461 e. The van der Waals surface area contributed by atoms with Crippen molar-refractivity contribution in [3.8, 4) is 11.3 Å². The summed E-state index contributed by atoms with van der Waals surface area (Å²) in [5.74, 6) is 0.929. The molecule has 1 heterocycles. The van der Waals surface area contributed by atoms with Gasteiger partial charge in [0.2, 0.25) is 0 Å². The minimum absolute atomic E-state index is 0.270. The average molecular weight is 206 g/mol. The molecule has 0 unspecified atom stereocenters. The lowest BCUT2D eigenvalue weighted by molar-refractivity contribution is 0.276. The summed E-state index contributed by atoms with van der Waals surface area (Å²) in [6.07, 6.45) is 0. The molecular formula is C12H11FO2. The van der Waals surface area contributed by atoms with Crippen molar-refractivity contribution in [2.75, 3.05) is 0 Å². The first-order valence-corrected chi connectivity index (χ1v) is 4.67. The van der Waals surface area contributed by atoms with Crippen molar-refractivity contribution in [1.29, 1.82) is 0 Å². The van der Waals surface area contributed by atoms with Crippen LogP contribution < -0.4 is 0 Å². The standard InChI is InChI=1S/C12H11FO2/c1-8-5-6-12(15-8)9-3-2-4-11(13)10(9)7-14/h2-6,14H,7H2,1H3. The second-order valence-electron chi connectivity index (χ2n) is 3.33. The second kappa shape index (κ2) is 3.87. The summed E-state index contributed by atoms with van der Waals surface area (Å²) in [7, 11) is 0. The summed E-state index contributed by atoms with van der Waals surface area (Å²) in [6.45, 7) is 1.49. The quantitative estimate of drug-likeness (QED) is 0.819. The van der Waals surface area contributed by atoms with E-state index in [1.807, 2.05) is 6.92 Å². The molecule has 2 nitrogen and oxygen atoms in total. The molecule has 0 aliphatic rings. The Bertz CT molecular complexity index is 474. The molecule has 0 atom stereocenters. The minimum atomic E-state index is -0.413. The van der Waals surface area contributed by atoms with Crippen LogP contribution in [0, 0.1) is 12.7 Å². The number of hydrogen-bond donors (Lipinski definition) is 1. The fraction of sp³-hybridized carbons (Fsp3) is 0.167. The fourth-order valence-electron chi connectivity index (χ4n) is 1.53. The third kappa shape index (κ3) is 1.78. The SMILES string of the molecule is Cc1ccc(-c2cccc(F)c2CO)o1. The van der Waals surface area contributed by atoms with E-state index in [1.165, 1.54) is 6.07 Å². The van der Waals surface area contributed by atoms with E-state index in [0.29, 0.717) is 11.3 Å². The smallest absolute Gasteiger partial charge is 0.134 e. The Morgan fingerprint density at radius 2 is 2.07 bits per heavy atom. The van der Waals surface area contributed by atoms with Gasteiger partial charge < -0.3 is 9.52 Å². The van der Waals surface area contributed by atoms with Crippen LogP contribution in [-0.4, -0.2) is 5.11 Å². The monoisotopic (exact) mass is 206 g/mol. The van der Waals surface area contributed by atoms with Crippen molar-refractivity contribution < 1.29 is 13.9 Å². The Morgan fingerprint density at radius 3 is 2.67 bits per heavy atom. The number of rotatable bonds is 2. The molecule has 1 aromatic heterocycles. The van der Waals surface area contributed by atoms with Gasteiger partial charge in [-0.15, -0.1) is 0 Å². The van der Waals surface area contributed by atoms with Crippen LogP contribution in [0.1, 0.15) is 11.3 Å². The molecule has 0 fully saturated rings. The lowest BCUT2D eigenvalue weighted by atomic mass is 10.1. The third-order valence-electron chi connectivity index (χ3n) is 2.28. The van der Waals surface area contributed by atoms with E-state index >= 15 is 0 Å². The van der Waals surface area contributed by atoms with Crippen LogP contribution in [0.5, 0.6) is 0 Å². The highest BCUT2D eigenvalue weighted by Crippen LogP contribution is 2.27. The molecule has 1 aromatic carbocycles. The van der Waals surface area contributed by atoms with Crippen molar-refractivity contribution in [2.24, 2.45) is 0 Å². The third-order valence-corrected chi connectivity index (χ3v) is 2.28. The van der Waals surface area contributed by atoms with Gasteiger partial charge in [-0.05, 0) is 25.1 Å². The van der Waals surface area contributed by atoms with E-state index in [0.717, 1.165) is 5.76 Å². The Morgan fingerprint density at radius 1 is 1.27 bits per heavy atom. The summed E-state index contributed by atoms with van der Waals surface area (Å²) in [5.41, 5.74) is 0.873. The van der Waals surface area contributed by atoms with Crippen LogP contribution in [0.4, 0.5) is 4.39 Å². The topological polar surface area (TPSA) is 33.4 Å². The average Bonchev–Trinajstić information content (AvgIpc) is 2.64. The van der Waals surface area contributed by atoms with Gasteiger partial charge in [-0.2, -0.15) is 0 Å². The highest BCUT2D eigenvalue weighted by Gasteiger charge is 2.11. The molecule has 2 rings (SSSR count). The normalized spacial score (nSPS) is 10.6. The molecule has 0 bridgehead atoms. The van der Waals surface area contributed by atoms with Gasteiger partial charge in [0.15, 0.2) is 0 Å². The van der Waals surface area contributed by atoms with Crippen molar-refractivity contribution in [1.82, 2.24) is 0 Å². The maximum absolute atomic E-state index is 13.3. The first kappa shape index (κ1) is 9.93. The molecule has 1 N–H and O–H groups in total. The lowest BCUT2D eigenvalue weighted by Crippen LogP contribution is -1.93. The van der Waals surface area contributed by atoms with Gasteiger partial charge in [0.25, 0.3) is 0 Å². The Kier molecular flexibility index (Phi) is 2.56. The van der Waals surface area contributed by atoms with Crippen LogP contribution in [-0.2, 0) is 6.61 Å². The van der Waals surface area contributed by atoms with Crippen molar-refractivity contribution in [3.63, 3.8) is 0 Å². The van der Waals surface area contributed by atoms with Crippen LogP contribution in [0.25, 0.3) is 11.3 Å². The van der Waals surface area contributed by atoms with E-state index in [-0.39, 0.29) is 12.2 Å². The second-order valence-corrected chi connectivity index (χ2v) is 3.33. The maximum atomic E-state index is 13.3. The molecule has 2 aromatic rings. The molecule has 0 spiro atoms. The molecule has 0 saturated heterocycles. The van der Waals surface area contributed by atoms with Crippen LogP contribution in [0.2, 0.25) is 0 Å². The summed E-state index contributed by atoms with van der Waals surface area (Å²) < 4.78 is 18.7. The van der Waals surface area contributed by atoms with Gasteiger partial charge in [-0.1, -0.05) is 12.1 Å². The highest BCUT2D eigenvalue weighted by molar-refractivity contribution is 5.62. The molecule has 0 radical (unpaired) electrons. The van der Waals surface area contributed by atoms with Crippen molar-refractivity contribution in [3.05, 3.63) is 47.5 Å². The van der Waals surface area contributed by atoms with Gasteiger partial charge in [0.1, 0.15) is 17.3 Å². The van der Waals surface area contributed by atoms with Crippen LogP contribution in [0.15, 0.2) is 34.7 Å². The van der Waals surface area contributed by atoms with E-state index in [4.69, 9.17) is 9.52 Å². The molecule has 0 saturated carbocycles. The zero-order valence-corrected chi connectivity index (χ0v) is 8.33. The molecular weight excluding hydrogens is 195 g/mol. The molecule has 78 valence electrons. The van der Waals surface area contributed by atoms with Crippen molar-refractivity contribution >= 4 is 0 Å². The zero-order chi connectivity index (χ0) is 10.8. The van der Waals surface area contributed by atoms with Gasteiger partial charge in [-0.3, -0.25) is 0 Å². The highest BCUT2D eigenvalue weighted by atomic mass is 19.1. The number of halogens is 1. The summed E-state index contributed by atoms with van der Waals surface area (Å²) in [4.78, 5) is 0. The van der Waals surface area contributed by atoms with Gasteiger partial charge >= 0.3 is 0 Å². The summed E-state index contributed by atoms with van der Waals surface area (Å²) in [6, 6.07) is 8.23. The van der Waals surface area contributed by atoms with Gasteiger partial charge in [0.05, 0.1) is 6.61 Å².